The van der Waals surface area contributed by atoms with Crippen molar-refractivity contribution in [1.29, 1.82) is 0 Å². The van der Waals surface area contributed by atoms with Gasteiger partial charge in [-0.1, -0.05) is 68.0 Å². The van der Waals surface area contributed by atoms with Gasteiger partial charge < -0.3 is 20.3 Å². The first-order valence-electron chi connectivity index (χ1n) is 13.0. The zero-order chi connectivity index (χ0) is 25.7. The number of rotatable bonds is 7. The largest absolute Gasteiger partial charge is 0.356 e. The first-order chi connectivity index (χ1) is 17.2. The van der Waals surface area contributed by atoms with E-state index in [0.717, 1.165) is 38.5 Å². The van der Waals surface area contributed by atoms with Crippen molar-refractivity contribution in [1.82, 2.24) is 10.2 Å². The first-order valence-corrected chi connectivity index (χ1v) is 13.7. The average molecular weight is 534 g/mol. The van der Waals surface area contributed by atoms with E-state index in [1.807, 2.05) is 26.0 Å². The number of unbranched alkanes of at least 4 members (excludes halogenated alkanes) is 1. The zero-order valence-electron chi connectivity index (χ0n) is 20.7. The Balaban J connectivity index is 1.46. The van der Waals surface area contributed by atoms with E-state index in [4.69, 9.17) is 27.9 Å². The number of benzene rings is 1. The quantitative estimate of drug-likeness (QED) is 0.496. The lowest BCUT2D eigenvalue weighted by molar-refractivity contribution is -0.144. The Hall–Kier alpha value is -2.09. The molecule has 1 aromatic carbocycles. The van der Waals surface area contributed by atoms with Gasteiger partial charge in [-0.3, -0.25) is 14.4 Å². The molecule has 3 amide bonds. The maximum Gasteiger partial charge on any atom is 0.246 e. The van der Waals surface area contributed by atoms with E-state index in [2.05, 4.69) is 10.6 Å². The molecule has 2 N–H and O–H groups in total. The number of nitrogens with one attached hydrogen (secondary N) is 2. The molecule has 5 atom stereocenters. The van der Waals surface area contributed by atoms with E-state index in [0.29, 0.717) is 22.3 Å². The number of amides is 3. The Morgan fingerprint density at radius 1 is 1.11 bits per heavy atom. The van der Waals surface area contributed by atoms with Crippen LogP contribution in [0, 0.1) is 11.8 Å². The molecule has 3 fully saturated rings. The summed E-state index contributed by atoms with van der Waals surface area (Å²) in [6.07, 6.45) is 10.6. The third-order valence-corrected chi connectivity index (χ3v) is 8.96. The molecule has 1 aliphatic carbocycles. The molecule has 36 heavy (non-hydrogen) atoms. The van der Waals surface area contributed by atoms with E-state index in [1.54, 1.807) is 23.1 Å². The molecule has 4 aliphatic rings. The van der Waals surface area contributed by atoms with Crippen molar-refractivity contribution < 1.29 is 19.1 Å². The van der Waals surface area contributed by atoms with E-state index < -0.39 is 29.1 Å². The summed E-state index contributed by atoms with van der Waals surface area (Å²) < 4.78 is 6.55. The van der Waals surface area contributed by atoms with Gasteiger partial charge >= 0.3 is 0 Å². The number of carbonyl (C=O) groups excluding carboxylic acids is 3. The molecule has 5 rings (SSSR count). The van der Waals surface area contributed by atoms with Crippen molar-refractivity contribution in [3.05, 3.63) is 40.4 Å². The fourth-order valence-electron chi connectivity index (χ4n) is 6.52. The minimum atomic E-state index is -1.17. The van der Waals surface area contributed by atoms with Gasteiger partial charge in [-0.2, -0.15) is 0 Å². The molecule has 2 bridgehead atoms. The van der Waals surface area contributed by atoms with E-state index in [-0.39, 0.29) is 23.8 Å². The number of carbonyl (C=O) groups is 3. The Labute approximate surface area is 221 Å². The second-order valence-electron chi connectivity index (χ2n) is 10.7. The molecule has 1 saturated carbocycles. The summed E-state index contributed by atoms with van der Waals surface area (Å²) in [4.78, 5) is 42.9. The van der Waals surface area contributed by atoms with Crippen molar-refractivity contribution >= 4 is 46.6 Å². The molecule has 0 aromatic heterocycles. The Morgan fingerprint density at radius 3 is 2.56 bits per heavy atom. The minimum absolute atomic E-state index is 0.108. The molecule has 194 valence electrons. The maximum atomic E-state index is 13.9. The summed E-state index contributed by atoms with van der Waals surface area (Å²) >= 11 is 12.2. The fraction of sp³-hybridized carbons (Fsp3) is 0.593. The number of halogens is 2. The van der Waals surface area contributed by atoms with Crippen molar-refractivity contribution in [3.8, 4) is 0 Å². The summed E-state index contributed by atoms with van der Waals surface area (Å²) in [5.41, 5.74) is -1.68. The SMILES string of the molecule is CCCCN1C(=O)[C@@H]2[C@@H](C(=O)Nc3ccc(Cl)c(Cl)c3)[C@]3(C)C=C[C@@]2(O3)[C@H]1C(=O)NC1CCCCC1. The molecular weight excluding hydrogens is 501 g/mol. The highest BCUT2D eigenvalue weighted by atomic mass is 35.5. The van der Waals surface area contributed by atoms with Gasteiger partial charge in [0, 0.05) is 18.3 Å². The highest BCUT2D eigenvalue weighted by Gasteiger charge is 2.76. The second kappa shape index (κ2) is 9.66. The van der Waals surface area contributed by atoms with Crippen LogP contribution in [0.25, 0.3) is 0 Å². The number of hydrogen-bond acceptors (Lipinski definition) is 4. The first kappa shape index (κ1) is 25.6. The molecule has 0 radical (unpaired) electrons. The van der Waals surface area contributed by atoms with Crippen LogP contribution in [-0.4, -0.2) is 52.5 Å². The van der Waals surface area contributed by atoms with E-state index in [1.165, 1.54) is 6.42 Å². The van der Waals surface area contributed by atoms with Crippen LogP contribution in [0.2, 0.25) is 10.0 Å². The van der Waals surface area contributed by atoms with Gasteiger partial charge in [-0.05, 0) is 44.4 Å². The Morgan fingerprint density at radius 2 is 1.86 bits per heavy atom. The van der Waals surface area contributed by atoms with Gasteiger partial charge in [0.1, 0.15) is 11.6 Å². The zero-order valence-corrected chi connectivity index (χ0v) is 22.2. The summed E-state index contributed by atoms with van der Waals surface area (Å²) in [5, 5.41) is 6.81. The number of anilines is 1. The fourth-order valence-corrected chi connectivity index (χ4v) is 6.82. The standard InChI is InChI=1S/C27H33Cl2N3O4/c1-3-4-14-32-22(24(34)30-16-8-6-5-7-9-16)27-13-12-26(2,36-27)20(21(27)25(32)35)23(33)31-17-10-11-18(28)19(29)15-17/h10-13,15-16,20-22H,3-9,14H2,1-2H3,(H,30,34)(H,31,33)/t20-,21-,22+,26-,27-/m0/s1. The molecule has 2 saturated heterocycles. The van der Waals surface area contributed by atoms with Crippen LogP contribution < -0.4 is 10.6 Å². The lowest BCUT2D eigenvalue weighted by atomic mass is 9.70. The topological polar surface area (TPSA) is 87.7 Å². The molecule has 9 heteroatoms. The molecular formula is C27H33Cl2N3O4. The summed E-state index contributed by atoms with van der Waals surface area (Å²) in [6, 6.07) is 4.16. The van der Waals surface area contributed by atoms with Crippen LogP contribution >= 0.6 is 23.2 Å². The number of hydrogen-bond donors (Lipinski definition) is 2. The van der Waals surface area contributed by atoms with Gasteiger partial charge in [0.25, 0.3) is 0 Å². The second-order valence-corrected chi connectivity index (χ2v) is 11.5. The minimum Gasteiger partial charge on any atom is -0.356 e. The molecule has 1 aromatic rings. The van der Waals surface area contributed by atoms with Crippen LogP contribution in [0.3, 0.4) is 0 Å². The van der Waals surface area contributed by atoms with Crippen LogP contribution in [0.5, 0.6) is 0 Å². The molecule has 7 nitrogen and oxygen atoms in total. The summed E-state index contributed by atoms with van der Waals surface area (Å²) in [5.74, 6) is -2.30. The van der Waals surface area contributed by atoms with Gasteiger partial charge in [-0.25, -0.2) is 0 Å². The van der Waals surface area contributed by atoms with Gasteiger partial charge in [0.05, 0.1) is 27.5 Å². The normalized spacial score (nSPS) is 33.2. The van der Waals surface area contributed by atoms with Crippen LogP contribution in [0.4, 0.5) is 5.69 Å². The molecule has 3 heterocycles. The molecule has 1 spiro atoms. The van der Waals surface area contributed by atoms with Gasteiger partial charge in [-0.15, -0.1) is 0 Å². The molecule has 3 aliphatic heterocycles. The smallest absolute Gasteiger partial charge is 0.246 e. The summed E-state index contributed by atoms with van der Waals surface area (Å²) in [7, 11) is 0. The number of likely N-dealkylation sites (tertiary alicyclic amines) is 1. The van der Waals surface area contributed by atoms with Crippen molar-refractivity contribution in [2.75, 3.05) is 11.9 Å². The van der Waals surface area contributed by atoms with Crippen LogP contribution in [0.1, 0.15) is 58.8 Å². The van der Waals surface area contributed by atoms with E-state index in [9.17, 15) is 14.4 Å². The van der Waals surface area contributed by atoms with E-state index >= 15 is 0 Å². The van der Waals surface area contributed by atoms with Gasteiger partial charge in [0.15, 0.2) is 0 Å². The van der Waals surface area contributed by atoms with Crippen molar-refractivity contribution in [2.45, 2.75) is 82.1 Å². The van der Waals surface area contributed by atoms with Crippen molar-refractivity contribution in [2.24, 2.45) is 11.8 Å². The maximum absolute atomic E-state index is 13.9. The number of ether oxygens (including phenoxy) is 1. The highest BCUT2D eigenvalue weighted by molar-refractivity contribution is 6.42. The van der Waals surface area contributed by atoms with Crippen LogP contribution in [0.15, 0.2) is 30.4 Å². The third kappa shape index (κ3) is 4.13. The highest BCUT2D eigenvalue weighted by Crippen LogP contribution is 2.59. The number of nitrogens with zero attached hydrogens (tertiary/aromatic N) is 1. The van der Waals surface area contributed by atoms with Crippen molar-refractivity contribution in [3.63, 3.8) is 0 Å². The average Bonchev–Trinajstić information content (AvgIpc) is 3.41. The monoisotopic (exact) mass is 533 g/mol. The Kier molecular flexibility index (Phi) is 6.85. The van der Waals surface area contributed by atoms with Gasteiger partial charge in [0.2, 0.25) is 17.7 Å². The number of fused-ring (bicyclic) bond motifs is 1. The lowest BCUT2D eigenvalue weighted by Crippen LogP contribution is -2.56. The van der Waals surface area contributed by atoms with Crippen LogP contribution in [-0.2, 0) is 19.1 Å². The predicted molar refractivity (Wildman–Crippen MR) is 139 cm³/mol. The summed E-state index contributed by atoms with van der Waals surface area (Å²) in [6.45, 7) is 4.31. The Bertz CT molecular complexity index is 1100. The third-order valence-electron chi connectivity index (χ3n) is 8.22. The predicted octanol–water partition coefficient (Wildman–Crippen LogP) is 4.72. The molecule has 0 unspecified atom stereocenters. The lowest BCUT2D eigenvalue weighted by Gasteiger charge is -2.34.